The molecule has 0 N–H and O–H groups in total. The van der Waals surface area contributed by atoms with E-state index in [1.54, 1.807) is 20.8 Å². The minimum Gasteiger partial charge on any atom is -0.469 e. The van der Waals surface area contributed by atoms with Crippen LogP contribution in [-0.2, 0) is 47.5 Å². The van der Waals surface area contributed by atoms with Gasteiger partial charge in [0, 0.05) is 16.7 Å². The molecule has 1 unspecified atom stereocenters. The molecule has 1 heterocycles. The molecule has 41 heavy (non-hydrogen) atoms. The van der Waals surface area contributed by atoms with Crippen molar-refractivity contribution in [1.82, 2.24) is 0 Å². The van der Waals surface area contributed by atoms with Crippen molar-refractivity contribution in [1.29, 1.82) is 0 Å². The third-order valence-corrected chi connectivity index (χ3v) is 8.70. The Balaban J connectivity index is 2.28. The normalized spacial score (nSPS) is 14.7. The van der Waals surface area contributed by atoms with E-state index in [9.17, 15) is 39.6 Å². The van der Waals surface area contributed by atoms with Gasteiger partial charge in [-0.2, -0.15) is 30.0 Å². The van der Waals surface area contributed by atoms with E-state index in [2.05, 4.69) is 8.92 Å². The molecule has 1 atom stereocenters. The molecule has 0 radical (unpaired) electrons. The average molecular weight is 621 g/mol. The van der Waals surface area contributed by atoms with E-state index in [4.69, 9.17) is 8.92 Å². The summed E-state index contributed by atoms with van der Waals surface area (Å²) in [5.74, 6) is -3.57. The van der Waals surface area contributed by atoms with Crippen LogP contribution >= 0.6 is 0 Å². The van der Waals surface area contributed by atoms with E-state index in [0.29, 0.717) is 5.57 Å². The van der Waals surface area contributed by atoms with Gasteiger partial charge in [0.15, 0.2) is 11.5 Å². The average Bonchev–Trinajstić information content (AvgIpc) is 3.26. The molecule has 0 saturated carbocycles. The lowest BCUT2D eigenvalue weighted by Crippen LogP contribution is -2.29. The van der Waals surface area contributed by atoms with Crippen molar-refractivity contribution >= 4 is 32.2 Å². The van der Waals surface area contributed by atoms with E-state index < -0.39 is 79.3 Å². The van der Waals surface area contributed by atoms with Crippen LogP contribution in [0.1, 0.15) is 52.9 Å². The number of alkyl halides is 3. The first-order chi connectivity index (χ1) is 18.9. The second kappa shape index (κ2) is 11.7. The number of cyclic esters (lactones) is 1. The number of halogens is 3. The predicted octanol–water partition coefficient (Wildman–Crippen LogP) is 4.66. The first-order valence-corrected chi connectivity index (χ1v) is 14.8. The fraction of sp³-hybridized carbons (Fsp3) is 0.385. The van der Waals surface area contributed by atoms with Gasteiger partial charge >= 0.3 is 37.7 Å². The van der Waals surface area contributed by atoms with Crippen molar-refractivity contribution in [2.75, 3.05) is 7.11 Å². The second-order valence-corrected chi connectivity index (χ2v) is 12.4. The van der Waals surface area contributed by atoms with Gasteiger partial charge in [0.25, 0.3) is 0 Å². The third-order valence-electron chi connectivity index (χ3n) is 6.51. The Kier molecular flexibility index (Phi) is 9.13. The van der Waals surface area contributed by atoms with Gasteiger partial charge in [0.1, 0.15) is 17.1 Å². The molecule has 2 aromatic carbocycles. The number of rotatable bonds is 10. The second-order valence-electron chi connectivity index (χ2n) is 9.36. The van der Waals surface area contributed by atoms with Gasteiger partial charge in [-0.15, -0.1) is 0 Å². The lowest BCUT2D eigenvalue weighted by Gasteiger charge is -2.21. The Morgan fingerprint density at radius 2 is 1.68 bits per heavy atom. The van der Waals surface area contributed by atoms with Gasteiger partial charge in [0.05, 0.1) is 13.5 Å². The highest BCUT2D eigenvalue weighted by Crippen LogP contribution is 2.45. The zero-order valence-corrected chi connectivity index (χ0v) is 24.3. The van der Waals surface area contributed by atoms with E-state index in [-0.39, 0.29) is 22.4 Å². The molecular formula is C26H27F3O10S2. The number of allylic oxidation sites excluding steroid dienone is 2. The topological polar surface area (TPSA) is 139 Å². The van der Waals surface area contributed by atoms with Gasteiger partial charge in [-0.1, -0.05) is 36.3 Å². The lowest BCUT2D eigenvalue weighted by molar-refractivity contribution is -0.141. The van der Waals surface area contributed by atoms with Crippen LogP contribution in [0.2, 0.25) is 0 Å². The highest BCUT2D eigenvalue weighted by Gasteiger charge is 2.49. The maximum atomic E-state index is 13.3. The molecule has 0 spiro atoms. The molecule has 1 aliphatic heterocycles. The largest absolute Gasteiger partial charge is 0.534 e. The van der Waals surface area contributed by atoms with Gasteiger partial charge in [0.2, 0.25) is 0 Å². The third kappa shape index (κ3) is 6.84. The molecule has 2 aromatic rings. The Hall–Kier alpha value is -3.59. The number of esters is 2. The predicted molar refractivity (Wildman–Crippen MR) is 138 cm³/mol. The van der Waals surface area contributed by atoms with Crippen LogP contribution in [0.4, 0.5) is 13.2 Å². The van der Waals surface area contributed by atoms with Crippen LogP contribution in [0.15, 0.2) is 40.8 Å². The quantitative estimate of drug-likeness (QED) is 0.160. The minimum absolute atomic E-state index is 0.0503. The standard InChI is InChI=1S/C26H27F3O10S2/c1-14-6-9-18(10-7-14)40(32,33)38-24-19(11-8-15(2)16(3)12-21(30)36-5)23(39-41(34,35)26(27,28)29)17(4)20-13-37-25(31)22(20)24/h6-10,16H,11-13H2,1-5H3. The summed E-state index contributed by atoms with van der Waals surface area (Å²) in [7, 11) is -9.72. The summed E-state index contributed by atoms with van der Waals surface area (Å²) in [6.45, 7) is 5.69. The number of fused-ring (bicyclic) bond motifs is 1. The molecule has 0 fully saturated rings. The van der Waals surface area contributed by atoms with E-state index in [1.165, 1.54) is 44.4 Å². The minimum atomic E-state index is -6.23. The number of aryl methyl sites for hydroxylation is 1. The zero-order valence-electron chi connectivity index (χ0n) is 22.6. The first kappa shape index (κ1) is 31.9. The van der Waals surface area contributed by atoms with E-state index >= 15 is 0 Å². The number of hydrogen-bond acceptors (Lipinski definition) is 10. The van der Waals surface area contributed by atoms with Crippen LogP contribution in [0.5, 0.6) is 11.5 Å². The zero-order chi connectivity index (χ0) is 30.9. The summed E-state index contributed by atoms with van der Waals surface area (Å²) in [5, 5.41) is 0. The summed E-state index contributed by atoms with van der Waals surface area (Å²) < 4.78 is 110. The van der Waals surface area contributed by atoms with Crippen LogP contribution in [0.3, 0.4) is 0 Å². The molecule has 3 rings (SSSR count). The Morgan fingerprint density at radius 3 is 2.24 bits per heavy atom. The van der Waals surface area contributed by atoms with E-state index in [1.807, 2.05) is 0 Å². The molecule has 10 nitrogen and oxygen atoms in total. The molecule has 0 aliphatic carbocycles. The molecule has 0 amide bonds. The Morgan fingerprint density at radius 1 is 1.07 bits per heavy atom. The Labute approximate surface area is 235 Å². The molecule has 224 valence electrons. The van der Waals surface area contributed by atoms with Crippen LogP contribution in [0.25, 0.3) is 0 Å². The number of carbonyl (C=O) groups is 2. The Bertz CT molecular complexity index is 1610. The molecule has 0 saturated heterocycles. The van der Waals surface area contributed by atoms with Crippen molar-refractivity contribution in [3.05, 3.63) is 63.7 Å². The lowest BCUT2D eigenvalue weighted by atomic mass is 9.93. The van der Waals surface area contributed by atoms with Crippen LogP contribution in [-0.4, -0.2) is 41.4 Å². The number of benzene rings is 2. The number of carbonyl (C=O) groups excluding carboxylic acids is 2. The summed E-state index contributed by atoms with van der Waals surface area (Å²) in [4.78, 5) is 24.1. The van der Waals surface area contributed by atoms with E-state index in [0.717, 1.165) is 5.56 Å². The van der Waals surface area contributed by atoms with Gasteiger partial charge < -0.3 is 17.8 Å². The maximum Gasteiger partial charge on any atom is 0.534 e. The summed E-state index contributed by atoms with van der Waals surface area (Å²) in [6.07, 6.45) is 0.930. The highest BCUT2D eigenvalue weighted by molar-refractivity contribution is 7.88. The van der Waals surface area contributed by atoms with Gasteiger partial charge in [-0.05, 0) is 45.2 Å². The molecule has 0 bridgehead atoms. The van der Waals surface area contributed by atoms with Crippen LogP contribution < -0.4 is 8.37 Å². The molecule has 15 heteroatoms. The van der Waals surface area contributed by atoms with Crippen molar-refractivity contribution < 1.29 is 57.4 Å². The smallest absolute Gasteiger partial charge is 0.469 e. The fourth-order valence-electron chi connectivity index (χ4n) is 3.92. The number of ether oxygens (including phenoxy) is 2. The summed E-state index contributed by atoms with van der Waals surface area (Å²) in [6, 6.07) is 5.40. The maximum absolute atomic E-state index is 13.3. The summed E-state index contributed by atoms with van der Waals surface area (Å²) >= 11 is 0. The van der Waals surface area contributed by atoms with Crippen molar-refractivity contribution in [3.63, 3.8) is 0 Å². The SMILES string of the molecule is COC(=O)CC(C)C(C)=CCc1c(OS(=O)(=O)C(F)(F)F)c(C)c2c(c1OS(=O)(=O)c1ccc(C)cc1)C(=O)OC2. The summed E-state index contributed by atoms with van der Waals surface area (Å²) in [5.41, 5.74) is -5.72. The van der Waals surface area contributed by atoms with Gasteiger partial charge in [-0.3, -0.25) is 4.79 Å². The monoisotopic (exact) mass is 620 g/mol. The van der Waals surface area contributed by atoms with Crippen molar-refractivity contribution in [2.45, 2.75) is 57.5 Å². The highest BCUT2D eigenvalue weighted by atomic mass is 32.2. The van der Waals surface area contributed by atoms with Crippen molar-refractivity contribution in [3.8, 4) is 11.5 Å². The molecule has 0 aromatic heterocycles. The first-order valence-electron chi connectivity index (χ1n) is 12.0. The molecular weight excluding hydrogens is 593 g/mol. The van der Waals surface area contributed by atoms with Crippen molar-refractivity contribution in [2.24, 2.45) is 5.92 Å². The fourth-order valence-corrected chi connectivity index (χ4v) is 5.43. The number of methoxy groups -OCH3 is 1. The van der Waals surface area contributed by atoms with Crippen LogP contribution in [0, 0.1) is 19.8 Å². The van der Waals surface area contributed by atoms with Gasteiger partial charge in [-0.25, -0.2) is 4.79 Å². The molecule has 1 aliphatic rings. The number of hydrogen-bond donors (Lipinski definition) is 0.